The van der Waals surface area contributed by atoms with Gasteiger partial charge in [0.05, 0.1) is 0 Å². The molecule has 3 aromatic rings. The minimum absolute atomic E-state index is 0.178. The summed E-state index contributed by atoms with van der Waals surface area (Å²) < 4.78 is 1.39. The topological polar surface area (TPSA) is 63.5 Å². The summed E-state index contributed by atoms with van der Waals surface area (Å²) >= 11 is 1.20. The predicted octanol–water partition coefficient (Wildman–Crippen LogP) is 2.63. The van der Waals surface area contributed by atoms with E-state index in [0.717, 1.165) is 11.3 Å². The van der Waals surface area contributed by atoms with E-state index >= 15 is 0 Å². The molecule has 3 rings (SSSR count). The number of carbonyl (C=O) groups is 1. The molecule has 0 bridgehead atoms. The lowest BCUT2D eigenvalue weighted by atomic mass is 10.2. The van der Waals surface area contributed by atoms with E-state index in [1.165, 1.54) is 28.0 Å². The molecule has 6 heteroatoms. The normalized spacial score (nSPS) is 10.8. The second-order valence-corrected chi connectivity index (χ2v) is 5.81. The van der Waals surface area contributed by atoms with Crippen LogP contribution in [0.25, 0.3) is 4.96 Å². The lowest BCUT2D eigenvalue weighted by molar-refractivity contribution is 0.103. The Morgan fingerprint density at radius 2 is 1.95 bits per heavy atom. The first kappa shape index (κ1) is 13.5. The second kappa shape index (κ2) is 5.14. The minimum Gasteiger partial charge on any atom is -0.321 e. The van der Waals surface area contributed by atoms with Crippen LogP contribution in [-0.2, 0) is 0 Å². The van der Waals surface area contributed by atoms with E-state index in [0.29, 0.717) is 15.5 Å². The van der Waals surface area contributed by atoms with Gasteiger partial charge >= 0.3 is 0 Å². The molecule has 1 aromatic carbocycles. The zero-order valence-corrected chi connectivity index (χ0v) is 12.4. The van der Waals surface area contributed by atoms with Crippen molar-refractivity contribution >= 4 is 27.9 Å². The molecule has 5 nitrogen and oxygen atoms in total. The largest absolute Gasteiger partial charge is 0.321 e. The lowest BCUT2D eigenvalue weighted by Gasteiger charge is -2.02. The molecule has 0 unspecified atom stereocenters. The van der Waals surface area contributed by atoms with Crippen molar-refractivity contribution in [1.82, 2.24) is 9.38 Å². The smallest absolute Gasteiger partial charge is 0.267 e. The summed E-state index contributed by atoms with van der Waals surface area (Å²) in [5, 5.41) is 2.81. The van der Waals surface area contributed by atoms with E-state index in [1.54, 1.807) is 6.92 Å². The number of fused-ring (bicyclic) bond motifs is 1. The molecule has 0 saturated heterocycles. The maximum atomic E-state index is 12.2. The second-order valence-electron chi connectivity index (χ2n) is 4.80. The highest BCUT2D eigenvalue weighted by atomic mass is 32.1. The molecule has 21 heavy (non-hydrogen) atoms. The Labute approximate surface area is 124 Å². The Kier molecular flexibility index (Phi) is 3.31. The molecule has 0 aliphatic heterocycles. The van der Waals surface area contributed by atoms with E-state index in [-0.39, 0.29) is 11.5 Å². The molecule has 0 spiro atoms. The van der Waals surface area contributed by atoms with Crippen molar-refractivity contribution in [1.29, 1.82) is 0 Å². The van der Waals surface area contributed by atoms with Crippen molar-refractivity contribution in [2.75, 3.05) is 5.32 Å². The van der Waals surface area contributed by atoms with Gasteiger partial charge in [0.1, 0.15) is 4.88 Å². The Morgan fingerprint density at radius 1 is 1.24 bits per heavy atom. The van der Waals surface area contributed by atoms with Crippen molar-refractivity contribution in [3.05, 3.63) is 63.0 Å². The fraction of sp³-hybridized carbons (Fsp3) is 0.133. The number of anilines is 1. The van der Waals surface area contributed by atoms with Crippen LogP contribution in [0, 0.1) is 13.8 Å². The number of aryl methyl sites for hydroxylation is 2. The van der Waals surface area contributed by atoms with Crippen LogP contribution in [0.15, 0.2) is 41.3 Å². The van der Waals surface area contributed by atoms with Crippen molar-refractivity contribution in [2.45, 2.75) is 13.8 Å². The van der Waals surface area contributed by atoms with Crippen molar-refractivity contribution in [2.24, 2.45) is 0 Å². The third-order valence-corrected chi connectivity index (χ3v) is 4.01. The van der Waals surface area contributed by atoms with E-state index in [1.807, 2.05) is 31.2 Å². The highest BCUT2D eigenvalue weighted by Crippen LogP contribution is 2.17. The highest BCUT2D eigenvalue weighted by Gasteiger charge is 2.12. The number of nitrogens with zero attached hydrogens (tertiary/aromatic N) is 2. The molecule has 1 N–H and O–H groups in total. The Bertz CT molecular complexity index is 878. The van der Waals surface area contributed by atoms with Gasteiger partial charge < -0.3 is 5.32 Å². The Balaban J connectivity index is 1.93. The SMILES string of the molecule is Cc1ccc(NC(=O)c2cn3c(=O)cc(C)nc3s2)cc1. The number of amides is 1. The quantitative estimate of drug-likeness (QED) is 0.791. The molecule has 1 amide bonds. The van der Waals surface area contributed by atoms with Crippen LogP contribution in [0.5, 0.6) is 0 Å². The Hall–Kier alpha value is -2.47. The maximum Gasteiger partial charge on any atom is 0.267 e. The zero-order chi connectivity index (χ0) is 15.0. The average molecular weight is 299 g/mol. The van der Waals surface area contributed by atoms with Gasteiger partial charge in [-0.1, -0.05) is 29.0 Å². The van der Waals surface area contributed by atoms with Crippen molar-refractivity contribution in [3.63, 3.8) is 0 Å². The van der Waals surface area contributed by atoms with Gasteiger partial charge in [-0.05, 0) is 26.0 Å². The summed E-state index contributed by atoms with van der Waals surface area (Å²) in [5.74, 6) is -0.244. The first-order valence-electron chi connectivity index (χ1n) is 6.41. The summed E-state index contributed by atoms with van der Waals surface area (Å²) in [6.45, 7) is 3.74. The third kappa shape index (κ3) is 2.71. The molecule has 2 heterocycles. The van der Waals surface area contributed by atoms with Crippen LogP contribution in [0.2, 0.25) is 0 Å². The molecule has 0 saturated carbocycles. The molecule has 2 aromatic heterocycles. The summed E-state index contributed by atoms with van der Waals surface area (Å²) in [4.78, 5) is 29.3. The van der Waals surface area contributed by atoms with Gasteiger partial charge in [-0.25, -0.2) is 4.98 Å². The molecule has 106 valence electrons. The number of benzene rings is 1. The first-order chi connectivity index (χ1) is 10.0. The number of hydrogen-bond donors (Lipinski definition) is 1. The summed E-state index contributed by atoms with van der Waals surface area (Å²) in [6.07, 6.45) is 1.53. The van der Waals surface area contributed by atoms with E-state index in [9.17, 15) is 9.59 Å². The fourth-order valence-electron chi connectivity index (χ4n) is 1.95. The number of aromatic nitrogens is 2. The van der Waals surface area contributed by atoms with Gasteiger partial charge in [-0.3, -0.25) is 14.0 Å². The van der Waals surface area contributed by atoms with Crippen LogP contribution < -0.4 is 10.9 Å². The number of hydrogen-bond acceptors (Lipinski definition) is 4. The lowest BCUT2D eigenvalue weighted by Crippen LogP contribution is -2.13. The van der Waals surface area contributed by atoms with Crippen molar-refractivity contribution in [3.8, 4) is 0 Å². The molecular formula is C15H13N3O2S. The third-order valence-electron chi connectivity index (χ3n) is 3.03. The molecule has 0 fully saturated rings. The summed E-state index contributed by atoms with van der Waals surface area (Å²) in [6, 6.07) is 8.98. The van der Waals surface area contributed by atoms with Crippen LogP contribution in [0.3, 0.4) is 0 Å². The fourth-order valence-corrected chi connectivity index (χ4v) is 2.88. The number of thiazole rings is 1. The first-order valence-corrected chi connectivity index (χ1v) is 7.22. The standard InChI is InChI=1S/C15H13N3O2S/c1-9-3-5-11(6-4-9)17-14(20)12-8-18-13(19)7-10(2)16-15(18)21-12/h3-8H,1-2H3,(H,17,20). The van der Waals surface area contributed by atoms with Gasteiger partial charge in [0.25, 0.3) is 11.5 Å². The van der Waals surface area contributed by atoms with Gasteiger partial charge in [0.15, 0.2) is 4.96 Å². The predicted molar refractivity (Wildman–Crippen MR) is 83.2 cm³/mol. The average Bonchev–Trinajstić information content (AvgIpc) is 2.85. The van der Waals surface area contributed by atoms with E-state index < -0.39 is 0 Å². The molecular weight excluding hydrogens is 286 g/mol. The molecule has 0 atom stereocenters. The zero-order valence-electron chi connectivity index (χ0n) is 11.6. The van der Waals surface area contributed by atoms with Gasteiger partial charge in [-0.2, -0.15) is 0 Å². The van der Waals surface area contributed by atoms with Crippen LogP contribution in [0.4, 0.5) is 5.69 Å². The Morgan fingerprint density at radius 3 is 2.67 bits per heavy atom. The van der Waals surface area contributed by atoms with Gasteiger partial charge in [0, 0.05) is 23.6 Å². The van der Waals surface area contributed by atoms with Crippen LogP contribution in [-0.4, -0.2) is 15.3 Å². The summed E-state index contributed by atoms with van der Waals surface area (Å²) in [5.41, 5.74) is 2.32. The maximum absolute atomic E-state index is 12.2. The van der Waals surface area contributed by atoms with Crippen molar-refractivity contribution < 1.29 is 4.79 Å². The number of rotatable bonds is 2. The summed E-state index contributed by atoms with van der Waals surface area (Å²) in [7, 11) is 0. The minimum atomic E-state index is -0.244. The van der Waals surface area contributed by atoms with Gasteiger partial charge in [0.2, 0.25) is 0 Å². The van der Waals surface area contributed by atoms with E-state index in [4.69, 9.17) is 0 Å². The number of nitrogens with one attached hydrogen (secondary N) is 1. The van der Waals surface area contributed by atoms with Gasteiger partial charge in [-0.15, -0.1) is 0 Å². The number of carbonyl (C=O) groups excluding carboxylic acids is 1. The van der Waals surface area contributed by atoms with Crippen LogP contribution >= 0.6 is 11.3 Å². The molecule has 0 aliphatic rings. The highest BCUT2D eigenvalue weighted by molar-refractivity contribution is 7.18. The molecule has 0 aliphatic carbocycles. The van der Waals surface area contributed by atoms with Crippen LogP contribution in [0.1, 0.15) is 20.9 Å². The van der Waals surface area contributed by atoms with E-state index in [2.05, 4.69) is 10.3 Å². The molecule has 0 radical (unpaired) electrons. The monoisotopic (exact) mass is 299 g/mol.